The number of carbonyl (C=O) groups is 2. The normalized spacial score (nSPS) is 11.8. The van der Waals surface area contributed by atoms with Crippen LogP contribution in [0.3, 0.4) is 0 Å². The molecule has 0 aliphatic carbocycles. The summed E-state index contributed by atoms with van der Waals surface area (Å²) in [6, 6.07) is 4.95. The van der Waals surface area contributed by atoms with Crippen molar-refractivity contribution in [3.63, 3.8) is 0 Å². The van der Waals surface area contributed by atoms with Crippen molar-refractivity contribution in [3.05, 3.63) is 47.1 Å². The Bertz CT molecular complexity index is 707. The van der Waals surface area contributed by atoms with Crippen molar-refractivity contribution in [3.8, 4) is 5.75 Å². The predicted molar refractivity (Wildman–Crippen MR) is 81.1 cm³/mol. The van der Waals surface area contributed by atoms with Crippen molar-refractivity contribution < 1.29 is 28.3 Å². The van der Waals surface area contributed by atoms with Gasteiger partial charge in [-0.15, -0.1) is 0 Å². The summed E-state index contributed by atoms with van der Waals surface area (Å²) in [6.45, 7) is 3.19. The van der Waals surface area contributed by atoms with Gasteiger partial charge in [-0.05, 0) is 38.1 Å². The van der Waals surface area contributed by atoms with Crippen LogP contribution in [0.15, 0.2) is 28.8 Å². The topological polar surface area (TPSA) is 102 Å². The molecule has 2 N–H and O–H groups in total. The highest BCUT2D eigenvalue weighted by molar-refractivity contribution is 5.80. The number of nitrogens with zero attached hydrogens (tertiary/aromatic N) is 1. The molecule has 1 aromatic carbocycles. The lowest BCUT2D eigenvalue weighted by Crippen LogP contribution is -2.40. The number of aryl methyl sites for hydroxylation is 2. The van der Waals surface area contributed by atoms with Gasteiger partial charge in [0.15, 0.2) is 0 Å². The Labute approximate surface area is 137 Å². The fourth-order valence-electron chi connectivity index (χ4n) is 2.04. The van der Waals surface area contributed by atoms with Gasteiger partial charge in [-0.2, -0.15) is 0 Å². The fraction of sp³-hybridized carbons (Fsp3) is 0.312. The third-order valence-electron chi connectivity index (χ3n) is 3.37. The molecule has 24 heavy (non-hydrogen) atoms. The highest BCUT2D eigenvalue weighted by Crippen LogP contribution is 2.14. The first kappa shape index (κ1) is 17.5. The maximum Gasteiger partial charge on any atom is 0.346 e. The highest BCUT2D eigenvalue weighted by Gasteiger charge is 2.21. The molecule has 0 aliphatic rings. The van der Waals surface area contributed by atoms with Crippen LogP contribution in [-0.4, -0.2) is 34.8 Å². The van der Waals surface area contributed by atoms with E-state index in [1.165, 1.54) is 12.1 Å². The zero-order valence-electron chi connectivity index (χ0n) is 13.2. The van der Waals surface area contributed by atoms with Crippen LogP contribution in [0, 0.1) is 19.7 Å². The third kappa shape index (κ3) is 4.55. The minimum absolute atomic E-state index is 0.0318. The van der Waals surface area contributed by atoms with Gasteiger partial charge in [0, 0.05) is 5.56 Å². The van der Waals surface area contributed by atoms with E-state index in [4.69, 9.17) is 9.26 Å². The van der Waals surface area contributed by atoms with Gasteiger partial charge < -0.3 is 19.7 Å². The lowest BCUT2D eigenvalue weighted by molar-refractivity contribution is -0.145. The van der Waals surface area contributed by atoms with Gasteiger partial charge in [-0.3, -0.25) is 4.79 Å². The molecule has 0 radical (unpaired) electrons. The van der Waals surface area contributed by atoms with Crippen molar-refractivity contribution in [1.29, 1.82) is 0 Å². The molecule has 0 spiro atoms. The molecule has 2 rings (SSSR count). The van der Waals surface area contributed by atoms with Gasteiger partial charge in [0.25, 0.3) is 0 Å². The summed E-state index contributed by atoms with van der Waals surface area (Å²) >= 11 is 0. The molecule has 1 heterocycles. The SMILES string of the molecule is Cc1noc(C)c1CC(=O)NCC(Oc1ccc(F)cc1)C(=O)O. The zero-order chi connectivity index (χ0) is 17.7. The minimum Gasteiger partial charge on any atom is -0.478 e. The number of hydrogen-bond donors (Lipinski definition) is 2. The van der Waals surface area contributed by atoms with E-state index in [0.29, 0.717) is 17.0 Å². The second-order valence-electron chi connectivity index (χ2n) is 5.18. The Hall–Kier alpha value is -2.90. The highest BCUT2D eigenvalue weighted by atomic mass is 19.1. The van der Waals surface area contributed by atoms with Crippen molar-refractivity contribution >= 4 is 11.9 Å². The van der Waals surface area contributed by atoms with Gasteiger partial charge in [0.1, 0.15) is 17.3 Å². The molecule has 0 bridgehead atoms. The molecule has 7 nitrogen and oxygen atoms in total. The number of benzene rings is 1. The average Bonchev–Trinajstić information content (AvgIpc) is 2.85. The molecule has 0 saturated carbocycles. The lowest BCUT2D eigenvalue weighted by atomic mass is 10.1. The van der Waals surface area contributed by atoms with E-state index < -0.39 is 17.9 Å². The second-order valence-corrected chi connectivity index (χ2v) is 5.18. The Morgan fingerprint density at radius 3 is 2.54 bits per heavy atom. The van der Waals surface area contributed by atoms with E-state index in [0.717, 1.165) is 12.1 Å². The molecule has 1 amide bonds. The zero-order valence-corrected chi connectivity index (χ0v) is 13.2. The summed E-state index contributed by atoms with van der Waals surface area (Å²) in [7, 11) is 0. The van der Waals surface area contributed by atoms with Gasteiger partial charge in [0.05, 0.1) is 18.7 Å². The molecular weight excluding hydrogens is 319 g/mol. The summed E-state index contributed by atoms with van der Waals surface area (Å²) in [4.78, 5) is 23.2. The number of carboxylic acid groups (broad SMARTS) is 1. The lowest BCUT2D eigenvalue weighted by Gasteiger charge is -2.15. The smallest absolute Gasteiger partial charge is 0.346 e. The first-order valence-electron chi connectivity index (χ1n) is 7.20. The molecule has 0 saturated heterocycles. The van der Waals surface area contributed by atoms with E-state index in [1.54, 1.807) is 13.8 Å². The van der Waals surface area contributed by atoms with Crippen molar-refractivity contribution in [2.75, 3.05) is 6.54 Å². The molecule has 2 aromatic rings. The number of aromatic nitrogens is 1. The Balaban J connectivity index is 1.92. The number of halogens is 1. The van der Waals surface area contributed by atoms with E-state index >= 15 is 0 Å². The van der Waals surface area contributed by atoms with Crippen LogP contribution in [0.25, 0.3) is 0 Å². The summed E-state index contributed by atoms with van der Waals surface area (Å²) in [5.41, 5.74) is 1.28. The van der Waals surface area contributed by atoms with Crippen LogP contribution >= 0.6 is 0 Å². The van der Waals surface area contributed by atoms with Crippen LogP contribution in [0.1, 0.15) is 17.0 Å². The summed E-state index contributed by atoms with van der Waals surface area (Å²) < 4.78 is 23.1. The first-order valence-corrected chi connectivity index (χ1v) is 7.20. The second kappa shape index (κ2) is 7.58. The third-order valence-corrected chi connectivity index (χ3v) is 3.37. The Morgan fingerprint density at radius 2 is 2.00 bits per heavy atom. The van der Waals surface area contributed by atoms with Crippen LogP contribution in [-0.2, 0) is 16.0 Å². The monoisotopic (exact) mass is 336 g/mol. The van der Waals surface area contributed by atoms with Crippen molar-refractivity contribution in [1.82, 2.24) is 10.5 Å². The molecule has 1 atom stereocenters. The van der Waals surface area contributed by atoms with Crippen LogP contribution < -0.4 is 10.1 Å². The van der Waals surface area contributed by atoms with E-state index in [1.807, 2.05) is 0 Å². The van der Waals surface area contributed by atoms with Gasteiger partial charge in [-0.25, -0.2) is 9.18 Å². The van der Waals surface area contributed by atoms with E-state index in [-0.39, 0.29) is 24.6 Å². The van der Waals surface area contributed by atoms with Crippen molar-refractivity contribution in [2.24, 2.45) is 0 Å². The number of ether oxygens (including phenoxy) is 1. The van der Waals surface area contributed by atoms with Crippen LogP contribution in [0.4, 0.5) is 4.39 Å². The molecule has 0 aliphatic heterocycles. The largest absolute Gasteiger partial charge is 0.478 e. The number of amides is 1. The number of nitrogens with one attached hydrogen (secondary N) is 1. The fourth-order valence-corrected chi connectivity index (χ4v) is 2.04. The molecule has 0 fully saturated rings. The maximum absolute atomic E-state index is 12.8. The van der Waals surface area contributed by atoms with Gasteiger partial charge in [0.2, 0.25) is 12.0 Å². The minimum atomic E-state index is -1.29. The number of rotatable bonds is 7. The van der Waals surface area contributed by atoms with E-state index in [9.17, 15) is 19.1 Å². The van der Waals surface area contributed by atoms with Crippen LogP contribution in [0.5, 0.6) is 5.75 Å². The Morgan fingerprint density at radius 1 is 1.33 bits per heavy atom. The molecule has 1 unspecified atom stereocenters. The quantitative estimate of drug-likeness (QED) is 0.797. The summed E-state index contributed by atoms with van der Waals surface area (Å²) in [5, 5.41) is 15.4. The molecular formula is C16H17FN2O5. The number of carboxylic acids is 1. The predicted octanol–water partition coefficient (Wildman–Crippen LogP) is 1.62. The van der Waals surface area contributed by atoms with Crippen LogP contribution in [0.2, 0.25) is 0 Å². The first-order chi connectivity index (χ1) is 11.4. The molecule has 8 heteroatoms. The summed E-state index contributed by atoms with van der Waals surface area (Å²) in [6.07, 6.45) is -1.26. The molecule has 128 valence electrons. The van der Waals surface area contributed by atoms with Gasteiger partial charge in [-0.1, -0.05) is 5.16 Å². The molecule has 1 aromatic heterocycles. The number of hydrogen-bond acceptors (Lipinski definition) is 5. The van der Waals surface area contributed by atoms with Gasteiger partial charge >= 0.3 is 5.97 Å². The standard InChI is InChI=1S/C16H17FN2O5/c1-9-13(10(2)24-19-9)7-15(20)18-8-14(16(21)22)23-12-5-3-11(17)4-6-12/h3-6,14H,7-8H2,1-2H3,(H,18,20)(H,21,22). The average molecular weight is 336 g/mol. The Kier molecular flexibility index (Phi) is 5.51. The number of carbonyl (C=O) groups excluding carboxylic acids is 1. The number of aliphatic carboxylic acids is 1. The summed E-state index contributed by atoms with van der Waals surface area (Å²) in [5.74, 6) is -1.33. The van der Waals surface area contributed by atoms with Crippen molar-refractivity contribution in [2.45, 2.75) is 26.4 Å². The van der Waals surface area contributed by atoms with E-state index in [2.05, 4.69) is 10.5 Å². The maximum atomic E-state index is 12.8.